The van der Waals surface area contributed by atoms with Crippen LogP contribution in [0.1, 0.15) is 24.0 Å². The van der Waals surface area contributed by atoms with Gasteiger partial charge in [0, 0.05) is 6.54 Å². The van der Waals surface area contributed by atoms with Crippen molar-refractivity contribution in [1.29, 1.82) is 0 Å². The molecular weight excluding hydrogens is 646 g/mol. The molecule has 1 fully saturated rings. The van der Waals surface area contributed by atoms with Crippen LogP contribution in [0.4, 0.5) is 29.3 Å². The third kappa shape index (κ3) is 7.82. The number of carbonyl (C=O) groups excluding carboxylic acids is 1. The van der Waals surface area contributed by atoms with Crippen molar-refractivity contribution in [2.45, 2.75) is 24.2 Å². The number of nitrogens with one attached hydrogen (secondary N) is 2. The first kappa shape index (κ1) is 30.6. The molecule has 13 heteroatoms. The van der Waals surface area contributed by atoms with Crippen LogP contribution in [0.25, 0.3) is 16.9 Å². The topological polar surface area (TPSA) is 96.7 Å². The van der Waals surface area contributed by atoms with Crippen LogP contribution in [0.3, 0.4) is 0 Å². The molecular formula is C32H30AsF3N7O2. The van der Waals surface area contributed by atoms with Gasteiger partial charge in [0.15, 0.2) is 0 Å². The second kappa shape index (κ2) is 13.7. The Bertz CT molecular complexity index is 1780. The zero-order valence-corrected chi connectivity index (χ0v) is 26.0. The van der Waals surface area contributed by atoms with E-state index in [9.17, 15) is 18.0 Å². The summed E-state index contributed by atoms with van der Waals surface area (Å²) in [5.74, 6) is 0.172. The maximum absolute atomic E-state index is 13.5. The quantitative estimate of drug-likeness (QED) is 0.191. The number of nitrogens with zero attached hydrogens (tertiary/aromatic N) is 5. The second-order valence-corrected chi connectivity index (χ2v) is 12.8. The number of anilines is 2. The van der Waals surface area contributed by atoms with Gasteiger partial charge in [-0.15, -0.1) is 0 Å². The van der Waals surface area contributed by atoms with Gasteiger partial charge in [0.25, 0.3) is 0 Å². The average molecular weight is 677 g/mol. The maximum atomic E-state index is 13.5. The van der Waals surface area contributed by atoms with E-state index >= 15 is 0 Å². The zero-order chi connectivity index (χ0) is 31.2. The smallest absolute Gasteiger partial charge is 0.300 e. The molecule has 231 valence electrons. The molecule has 1 aliphatic rings. The Hall–Kier alpha value is -4.41. The Morgan fingerprint density at radius 1 is 1.00 bits per heavy atom. The number of hydrogen-bond donors (Lipinski definition) is 2. The number of amides is 2. The van der Waals surface area contributed by atoms with E-state index in [1.807, 2.05) is 35.0 Å². The van der Waals surface area contributed by atoms with Crippen molar-refractivity contribution in [3.8, 4) is 17.0 Å². The molecule has 4 heterocycles. The molecule has 0 spiro atoms. The van der Waals surface area contributed by atoms with Crippen LogP contribution in [0.15, 0.2) is 85.6 Å². The van der Waals surface area contributed by atoms with Gasteiger partial charge in [-0.2, -0.15) is 13.2 Å². The van der Waals surface area contributed by atoms with Crippen LogP contribution in [-0.4, -0.2) is 72.3 Å². The number of pyridine rings is 1. The number of carbonyl (C=O) groups is 1. The number of alkyl halides is 3. The molecule has 9 nitrogen and oxygen atoms in total. The van der Waals surface area contributed by atoms with Gasteiger partial charge in [-0.1, -0.05) is 0 Å². The number of hydrogen-bond acceptors (Lipinski definition) is 6. The first-order chi connectivity index (χ1) is 21.8. The summed E-state index contributed by atoms with van der Waals surface area (Å²) in [5.41, 5.74) is 2.97. The van der Waals surface area contributed by atoms with Crippen LogP contribution < -0.4 is 19.9 Å². The van der Waals surface area contributed by atoms with Crippen molar-refractivity contribution in [2.75, 3.05) is 36.9 Å². The van der Waals surface area contributed by atoms with Crippen molar-refractivity contribution in [3.63, 3.8) is 0 Å². The second-order valence-electron chi connectivity index (χ2n) is 10.5. The van der Waals surface area contributed by atoms with E-state index in [1.165, 1.54) is 11.6 Å². The van der Waals surface area contributed by atoms with E-state index in [-0.39, 0.29) is 27.2 Å². The molecule has 2 N–H and O–H groups in total. The zero-order valence-electron chi connectivity index (χ0n) is 24.2. The SMILES string of the molecule is O=C(Nc1cccc(-c2cn3ccnc3c([As]Cc3ccncc3)n2)c1)Nc1cc(C(F)(F)F)ccc1OCCN1CCCC1. The van der Waals surface area contributed by atoms with Crippen molar-refractivity contribution < 1.29 is 22.7 Å². The molecule has 0 aliphatic carbocycles. The molecule has 0 unspecified atom stereocenters. The molecule has 5 aromatic rings. The monoisotopic (exact) mass is 676 g/mol. The number of urea groups is 1. The molecule has 0 saturated carbocycles. The summed E-state index contributed by atoms with van der Waals surface area (Å²) in [6, 6.07) is 13.5. The third-order valence-electron chi connectivity index (χ3n) is 7.35. The molecule has 3 aromatic heterocycles. The Labute approximate surface area is 264 Å². The van der Waals surface area contributed by atoms with Gasteiger partial charge < -0.3 is 0 Å². The van der Waals surface area contributed by atoms with Gasteiger partial charge in [0.1, 0.15) is 6.61 Å². The summed E-state index contributed by atoms with van der Waals surface area (Å²) in [6.07, 6.45) is 6.71. The van der Waals surface area contributed by atoms with Crippen molar-refractivity contribution in [1.82, 2.24) is 24.3 Å². The standard InChI is InChI=1S/C32H30AsF3N7O2/c34-32(35,36)24-6-7-28(45-17-16-42-13-1-2-14-42)26(19-24)41-31(44)39-25-5-3-4-23(18-25)27-21-43-15-12-38-30(43)29(40-27)33-20-22-8-10-37-11-9-22/h3-12,15,18-19,21H,1-2,13-14,16-17,20H2,(H2,39,41,44). The fraction of sp³-hybridized carbons (Fsp3) is 0.250. The van der Waals surface area contributed by atoms with Gasteiger partial charge in [-0.3, -0.25) is 4.90 Å². The Kier molecular flexibility index (Phi) is 9.32. The number of benzene rings is 2. The summed E-state index contributed by atoms with van der Waals surface area (Å²) in [4.78, 5) is 28.8. The van der Waals surface area contributed by atoms with Crippen molar-refractivity contribution in [3.05, 3.63) is 96.7 Å². The van der Waals surface area contributed by atoms with Gasteiger partial charge >= 0.3 is 202 Å². The normalized spacial score (nSPS) is 13.9. The van der Waals surface area contributed by atoms with Crippen LogP contribution in [0.2, 0.25) is 0 Å². The summed E-state index contributed by atoms with van der Waals surface area (Å²) < 4.78 is 49.2. The number of imidazole rings is 1. The summed E-state index contributed by atoms with van der Waals surface area (Å²) >= 11 is -0.334. The summed E-state index contributed by atoms with van der Waals surface area (Å²) in [5, 5.41) is 6.15. The molecule has 2 amide bonds. The molecule has 0 bridgehead atoms. The van der Waals surface area contributed by atoms with Crippen LogP contribution in [0, 0.1) is 0 Å². The summed E-state index contributed by atoms with van der Waals surface area (Å²) in [7, 11) is 0. The van der Waals surface area contributed by atoms with E-state index in [2.05, 4.69) is 25.5 Å². The fourth-order valence-corrected chi connectivity index (χ4v) is 7.25. The number of likely N-dealkylation sites (tertiary alicyclic amines) is 1. The molecule has 2 aromatic carbocycles. The fourth-order valence-electron chi connectivity index (χ4n) is 5.08. The average Bonchev–Trinajstić information content (AvgIpc) is 3.73. The summed E-state index contributed by atoms with van der Waals surface area (Å²) in [6.45, 7) is 2.90. The van der Waals surface area contributed by atoms with E-state index in [0.717, 1.165) is 59.0 Å². The molecule has 0 atom stereocenters. The predicted octanol–water partition coefficient (Wildman–Crippen LogP) is 5.46. The third-order valence-corrected chi connectivity index (χ3v) is 9.71. The number of aromatic nitrogens is 4. The first-order valence-corrected chi connectivity index (χ1v) is 16.7. The van der Waals surface area contributed by atoms with Crippen molar-refractivity contribution >= 4 is 43.3 Å². The van der Waals surface area contributed by atoms with E-state index < -0.39 is 17.8 Å². The van der Waals surface area contributed by atoms with E-state index in [1.54, 1.807) is 36.8 Å². The molecule has 6 rings (SSSR count). The molecule has 45 heavy (non-hydrogen) atoms. The van der Waals surface area contributed by atoms with Crippen LogP contribution >= 0.6 is 0 Å². The number of fused-ring (bicyclic) bond motifs is 1. The van der Waals surface area contributed by atoms with Crippen LogP contribution in [-0.2, 0) is 11.4 Å². The minimum atomic E-state index is -4.57. The minimum Gasteiger partial charge on any atom is -0.300 e. The molecule has 1 saturated heterocycles. The minimum absolute atomic E-state index is 0.0608. The number of halogens is 3. The van der Waals surface area contributed by atoms with Gasteiger partial charge in [0.2, 0.25) is 0 Å². The molecule has 1 aliphatic heterocycles. The van der Waals surface area contributed by atoms with E-state index in [0.29, 0.717) is 24.5 Å². The first-order valence-electron chi connectivity index (χ1n) is 14.5. The predicted molar refractivity (Wildman–Crippen MR) is 167 cm³/mol. The van der Waals surface area contributed by atoms with Gasteiger partial charge in [-0.25, -0.2) is 0 Å². The van der Waals surface area contributed by atoms with Crippen LogP contribution in [0.5, 0.6) is 5.75 Å². The molecule has 1 radical (unpaired) electrons. The van der Waals surface area contributed by atoms with E-state index in [4.69, 9.17) is 9.72 Å². The Morgan fingerprint density at radius 2 is 1.82 bits per heavy atom. The Balaban J connectivity index is 1.18. The Morgan fingerprint density at radius 3 is 2.62 bits per heavy atom. The number of rotatable bonds is 10. The number of ether oxygens (including phenoxy) is 1. The van der Waals surface area contributed by atoms with Crippen molar-refractivity contribution in [2.24, 2.45) is 0 Å². The van der Waals surface area contributed by atoms with Gasteiger partial charge in [-0.05, 0) is 32.0 Å². The van der Waals surface area contributed by atoms with Gasteiger partial charge in [0.05, 0.1) is 0 Å².